The maximum atomic E-state index is 12.2. The van der Waals surface area contributed by atoms with Gasteiger partial charge in [-0.3, -0.25) is 4.79 Å². The van der Waals surface area contributed by atoms with Gasteiger partial charge in [0, 0.05) is 12.2 Å². The van der Waals surface area contributed by atoms with Gasteiger partial charge in [-0.2, -0.15) is 0 Å². The summed E-state index contributed by atoms with van der Waals surface area (Å²) in [5, 5.41) is 0. The maximum Gasteiger partial charge on any atom is 0.233 e. The van der Waals surface area contributed by atoms with Gasteiger partial charge >= 0.3 is 0 Å². The first kappa shape index (κ1) is 12.5. The molecule has 1 fully saturated rings. The Bertz CT molecular complexity index is 430. The molecule has 0 saturated heterocycles. The van der Waals surface area contributed by atoms with E-state index in [0.29, 0.717) is 13.0 Å². The molecule has 0 aliphatic heterocycles. The average molecular weight is 270 g/mol. The largest absolute Gasteiger partial charge is 0.308 e. The van der Waals surface area contributed by atoms with Crippen LogP contribution in [0.15, 0.2) is 43.0 Å². The van der Waals surface area contributed by atoms with Gasteiger partial charge in [0.15, 0.2) is 0 Å². The average Bonchev–Trinajstić information content (AvgIpc) is 2.96. The Hall–Kier alpha value is -0.990. The molecule has 1 aromatic rings. The van der Waals surface area contributed by atoms with E-state index in [1.807, 2.05) is 30.3 Å². The Balaban J connectivity index is 2.19. The summed E-state index contributed by atoms with van der Waals surface area (Å²) in [6.45, 7) is 4.13. The molecule has 1 aliphatic carbocycles. The maximum absolute atomic E-state index is 12.2. The zero-order valence-corrected chi connectivity index (χ0v) is 10.8. The van der Waals surface area contributed by atoms with Crippen LogP contribution in [0.3, 0.4) is 0 Å². The summed E-state index contributed by atoms with van der Waals surface area (Å²) < 4.78 is -0.884. The third-order valence-electron chi connectivity index (χ3n) is 2.77. The quantitative estimate of drug-likeness (QED) is 0.606. The van der Waals surface area contributed by atoms with Crippen LogP contribution in [0.1, 0.15) is 6.42 Å². The number of nitrogens with zero attached hydrogens (tertiary/aromatic N) is 1. The van der Waals surface area contributed by atoms with Crippen LogP contribution in [0.2, 0.25) is 0 Å². The molecule has 17 heavy (non-hydrogen) atoms. The lowest BCUT2D eigenvalue weighted by Crippen LogP contribution is -2.33. The Morgan fingerprint density at radius 3 is 2.53 bits per heavy atom. The van der Waals surface area contributed by atoms with Crippen molar-refractivity contribution in [3.8, 4) is 0 Å². The minimum Gasteiger partial charge on any atom is -0.308 e. The SMILES string of the molecule is C=CCN(C(=O)C1CC1(Cl)Cl)c1ccccc1. The number of alkyl halides is 2. The first-order valence-corrected chi connectivity index (χ1v) is 6.17. The summed E-state index contributed by atoms with van der Waals surface area (Å²) in [5.74, 6) is -0.341. The Kier molecular flexibility index (Phi) is 3.45. The highest BCUT2D eigenvalue weighted by Crippen LogP contribution is 2.54. The summed E-state index contributed by atoms with van der Waals surface area (Å²) in [4.78, 5) is 13.9. The summed E-state index contributed by atoms with van der Waals surface area (Å²) in [5.41, 5.74) is 0.841. The lowest BCUT2D eigenvalue weighted by Gasteiger charge is -2.21. The Morgan fingerprint density at radius 2 is 2.06 bits per heavy atom. The van der Waals surface area contributed by atoms with Crippen LogP contribution in [0.4, 0.5) is 5.69 Å². The molecule has 90 valence electrons. The minimum absolute atomic E-state index is 0.0406. The lowest BCUT2D eigenvalue weighted by molar-refractivity contribution is -0.119. The molecule has 0 spiro atoms. The number of hydrogen-bond acceptors (Lipinski definition) is 1. The van der Waals surface area contributed by atoms with Crippen LogP contribution >= 0.6 is 23.2 Å². The molecular formula is C13H13Cl2NO. The predicted molar refractivity (Wildman–Crippen MR) is 71.5 cm³/mol. The zero-order chi connectivity index (χ0) is 12.5. The first-order chi connectivity index (χ1) is 8.06. The van der Waals surface area contributed by atoms with Crippen molar-refractivity contribution in [2.45, 2.75) is 10.8 Å². The second-order valence-corrected chi connectivity index (χ2v) is 5.63. The number of amides is 1. The van der Waals surface area contributed by atoms with Crippen LogP contribution in [-0.4, -0.2) is 16.8 Å². The van der Waals surface area contributed by atoms with Gasteiger partial charge < -0.3 is 4.90 Å². The lowest BCUT2D eigenvalue weighted by atomic mass is 10.2. The van der Waals surface area contributed by atoms with E-state index in [4.69, 9.17) is 23.2 Å². The van der Waals surface area contributed by atoms with Crippen LogP contribution < -0.4 is 4.90 Å². The Morgan fingerprint density at radius 1 is 1.47 bits per heavy atom. The number of rotatable bonds is 4. The summed E-state index contributed by atoms with van der Waals surface area (Å²) in [6, 6.07) is 9.45. The second-order valence-electron chi connectivity index (χ2n) is 4.09. The molecule has 0 heterocycles. The number of para-hydroxylation sites is 1. The number of carbonyl (C=O) groups is 1. The molecule has 0 radical (unpaired) electrons. The topological polar surface area (TPSA) is 20.3 Å². The predicted octanol–water partition coefficient (Wildman–Crippen LogP) is 3.40. The van der Waals surface area contributed by atoms with Gasteiger partial charge in [-0.25, -0.2) is 0 Å². The van der Waals surface area contributed by atoms with Crippen LogP contribution in [0.25, 0.3) is 0 Å². The molecular weight excluding hydrogens is 257 g/mol. The van der Waals surface area contributed by atoms with Crippen molar-refractivity contribution in [1.82, 2.24) is 0 Å². The smallest absolute Gasteiger partial charge is 0.233 e. The van der Waals surface area contributed by atoms with Gasteiger partial charge in [0.25, 0.3) is 0 Å². The van der Waals surface area contributed by atoms with Crippen molar-refractivity contribution in [2.75, 3.05) is 11.4 Å². The van der Waals surface area contributed by atoms with Gasteiger partial charge in [0.2, 0.25) is 5.91 Å². The van der Waals surface area contributed by atoms with E-state index >= 15 is 0 Å². The summed E-state index contributed by atoms with van der Waals surface area (Å²) >= 11 is 11.9. The standard InChI is InChI=1S/C13H13Cl2NO/c1-2-8-16(10-6-4-3-5-7-10)12(17)11-9-13(11,14)15/h2-7,11H,1,8-9H2. The highest BCUT2D eigenvalue weighted by Gasteiger charge is 2.57. The molecule has 2 rings (SSSR count). The van der Waals surface area contributed by atoms with Crippen LogP contribution in [-0.2, 0) is 4.79 Å². The molecule has 1 atom stereocenters. The third kappa shape index (κ3) is 2.64. The molecule has 0 bridgehead atoms. The van der Waals surface area contributed by atoms with Gasteiger partial charge in [-0.05, 0) is 18.6 Å². The highest BCUT2D eigenvalue weighted by atomic mass is 35.5. The molecule has 1 saturated carbocycles. The van der Waals surface area contributed by atoms with Crippen molar-refractivity contribution < 1.29 is 4.79 Å². The van der Waals surface area contributed by atoms with Crippen LogP contribution in [0, 0.1) is 5.92 Å². The monoisotopic (exact) mass is 269 g/mol. The molecule has 0 aromatic heterocycles. The Labute approximate surface area is 111 Å². The van der Waals surface area contributed by atoms with E-state index in [2.05, 4.69) is 6.58 Å². The molecule has 1 aromatic carbocycles. The number of hydrogen-bond donors (Lipinski definition) is 0. The van der Waals surface area contributed by atoms with Crippen LogP contribution in [0.5, 0.6) is 0 Å². The molecule has 2 nitrogen and oxygen atoms in total. The summed E-state index contributed by atoms with van der Waals surface area (Å²) in [6.07, 6.45) is 2.22. The van der Waals surface area contributed by atoms with Crippen molar-refractivity contribution >= 4 is 34.8 Å². The van der Waals surface area contributed by atoms with E-state index < -0.39 is 4.33 Å². The second kappa shape index (κ2) is 4.71. The fraction of sp³-hybridized carbons (Fsp3) is 0.308. The molecule has 1 amide bonds. The normalized spacial score (nSPS) is 20.7. The molecule has 0 N–H and O–H groups in total. The van der Waals surface area contributed by atoms with Crippen molar-refractivity contribution in [2.24, 2.45) is 5.92 Å². The highest BCUT2D eigenvalue weighted by molar-refractivity contribution is 6.52. The van der Waals surface area contributed by atoms with E-state index in [1.165, 1.54) is 0 Å². The molecule has 4 heteroatoms. The molecule has 1 aliphatic rings. The van der Waals surface area contributed by atoms with E-state index in [0.717, 1.165) is 5.69 Å². The number of benzene rings is 1. The van der Waals surface area contributed by atoms with Crippen molar-refractivity contribution in [1.29, 1.82) is 0 Å². The first-order valence-electron chi connectivity index (χ1n) is 5.41. The van der Waals surface area contributed by atoms with E-state index in [9.17, 15) is 4.79 Å². The van der Waals surface area contributed by atoms with E-state index in [1.54, 1.807) is 11.0 Å². The number of carbonyl (C=O) groups excluding carboxylic acids is 1. The van der Waals surface area contributed by atoms with Gasteiger partial charge in [0.05, 0.1) is 5.92 Å². The zero-order valence-electron chi connectivity index (χ0n) is 9.27. The van der Waals surface area contributed by atoms with Crippen molar-refractivity contribution in [3.63, 3.8) is 0 Å². The van der Waals surface area contributed by atoms with Crippen molar-refractivity contribution in [3.05, 3.63) is 43.0 Å². The van der Waals surface area contributed by atoms with Gasteiger partial charge in [-0.15, -0.1) is 29.8 Å². The minimum atomic E-state index is -0.884. The summed E-state index contributed by atoms with van der Waals surface area (Å²) in [7, 11) is 0. The fourth-order valence-electron chi connectivity index (χ4n) is 1.73. The van der Waals surface area contributed by atoms with Gasteiger partial charge in [0.1, 0.15) is 4.33 Å². The van der Waals surface area contributed by atoms with Gasteiger partial charge in [-0.1, -0.05) is 24.3 Å². The third-order valence-corrected chi connectivity index (χ3v) is 3.61. The fourth-order valence-corrected chi connectivity index (χ4v) is 2.22. The molecule has 1 unspecified atom stereocenters. The van der Waals surface area contributed by atoms with E-state index in [-0.39, 0.29) is 11.8 Å². The number of anilines is 1. The number of halogens is 2.